The minimum Gasteiger partial charge on any atom is -0.486 e. The lowest BCUT2D eigenvalue weighted by molar-refractivity contribution is -0.113. The van der Waals surface area contributed by atoms with E-state index in [0.717, 1.165) is 34.5 Å². The molecule has 4 rings (SSSR count). The maximum absolute atomic E-state index is 12.5. The summed E-state index contributed by atoms with van der Waals surface area (Å²) >= 11 is 1.37. The van der Waals surface area contributed by atoms with Crippen molar-refractivity contribution in [2.24, 2.45) is 0 Å². The number of carbonyl (C=O) groups is 1. The van der Waals surface area contributed by atoms with Gasteiger partial charge in [-0.25, -0.2) is 0 Å². The van der Waals surface area contributed by atoms with Crippen LogP contribution in [0.5, 0.6) is 5.75 Å². The summed E-state index contributed by atoms with van der Waals surface area (Å²) in [5.41, 5.74) is 2.06. The van der Waals surface area contributed by atoms with E-state index < -0.39 is 0 Å². The smallest absolute Gasteiger partial charge is 0.234 e. The Balaban J connectivity index is 1.34. The second-order valence-corrected chi connectivity index (χ2v) is 8.27. The molecule has 32 heavy (non-hydrogen) atoms. The van der Waals surface area contributed by atoms with Gasteiger partial charge < -0.3 is 14.6 Å². The van der Waals surface area contributed by atoms with Gasteiger partial charge in [0.05, 0.1) is 5.75 Å². The first-order valence-corrected chi connectivity index (χ1v) is 11.7. The minimum absolute atomic E-state index is 0.0789. The van der Waals surface area contributed by atoms with E-state index in [9.17, 15) is 4.79 Å². The van der Waals surface area contributed by atoms with Crippen LogP contribution in [0.25, 0.3) is 10.8 Å². The number of aromatic nitrogens is 3. The van der Waals surface area contributed by atoms with Crippen molar-refractivity contribution in [1.29, 1.82) is 0 Å². The average Bonchev–Trinajstić information content (AvgIpc) is 3.23. The molecular formula is C25H26N4O2S. The maximum atomic E-state index is 12.5. The quantitative estimate of drug-likeness (QED) is 0.352. The Morgan fingerprint density at radius 2 is 1.78 bits per heavy atom. The number of benzene rings is 3. The standard InChI is InChI=1S/C25H26N4O2S/c1-3-18-9-13-22(14-10-18)31-16-23-27-28-25(29(23)4-2)32-17-24(30)26-21-12-11-19-7-5-6-8-20(19)15-21/h5-15H,3-4,16-17H2,1-2H3,(H,26,30). The van der Waals surface area contributed by atoms with Crippen molar-refractivity contribution in [1.82, 2.24) is 14.8 Å². The summed E-state index contributed by atoms with van der Waals surface area (Å²) in [5, 5.41) is 14.4. The number of amides is 1. The highest BCUT2D eigenvalue weighted by Crippen LogP contribution is 2.21. The Labute approximate surface area is 192 Å². The largest absolute Gasteiger partial charge is 0.486 e. The van der Waals surface area contributed by atoms with Crippen LogP contribution >= 0.6 is 11.8 Å². The number of ether oxygens (including phenoxy) is 1. The molecule has 1 amide bonds. The van der Waals surface area contributed by atoms with E-state index in [1.165, 1.54) is 17.3 Å². The molecule has 0 radical (unpaired) electrons. The van der Waals surface area contributed by atoms with Gasteiger partial charge in [-0.1, -0.05) is 61.2 Å². The SMILES string of the molecule is CCc1ccc(OCc2nnc(SCC(=O)Nc3ccc4ccccc4c3)n2CC)cc1. The van der Waals surface area contributed by atoms with Gasteiger partial charge in [0.25, 0.3) is 0 Å². The zero-order valence-electron chi connectivity index (χ0n) is 18.2. The van der Waals surface area contributed by atoms with Crippen LogP contribution in [-0.4, -0.2) is 26.4 Å². The number of nitrogens with zero attached hydrogens (tertiary/aromatic N) is 3. The third-order valence-corrected chi connectivity index (χ3v) is 6.14. The Morgan fingerprint density at radius 1 is 1.00 bits per heavy atom. The van der Waals surface area contributed by atoms with Gasteiger partial charge in [-0.3, -0.25) is 4.79 Å². The number of hydrogen-bond donors (Lipinski definition) is 1. The molecule has 0 saturated carbocycles. The molecule has 0 fully saturated rings. The van der Waals surface area contributed by atoms with Crippen molar-refractivity contribution < 1.29 is 9.53 Å². The van der Waals surface area contributed by atoms with Crippen LogP contribution in [-0.2, 0) is 24.4 Å². The van der Waals surface area contributed by atoms with E-state index in [1.807, 2.05) is 60.0 Å². The highest BCUT2D eigenvalue weighted by Gasteiger charge is 2.14. The molecular weight excluding hydrogens is 420 g/mol. The van der Waals surface area contributed by atoms with Crippen molar-refractivity contribution in [3.63, 3.8) is 0 Å². The molecule has 0 atom stereocenters. The molecule has 1 aromatic heterocycles. The first-order chi connectivity index (χ1) is 15.7. The van der Waals surface area contributed by atoms with Crippen LogP contribution in [0.2, 0.25) is 0 Å². The van der Waals surface area contributed by atoms with Crippen LogP contribution in [0.1, 0.15) is 25.2 Å². The minimum atomic E-state index is -0.0789. The van der Waals surface area contributed by atoms with Gasteiger partial charge in [0.1, 0.15) is 12.4 Å². The van der Waals surface area contributed by atoms with Gasteiger partial charge in [-0.05, 0) is 53.9 Å². The highest BCUT2D eigenvalue weighted by molar-refractivity contribution is 7.99. The zero-order chi connectivity index (χ0) is 22.3. The molecule has 0 saturated heterocycles. The molecule has 0 aliphatic heterocycles. The lowest BCUT2D eigenvalue weighted by Crippen LogP contribution is -2.15. The van der Waals surface area contributed by atoms with Gasteiger partial charge in [0.2, 0.25) is 5.91 Å². The van der Waals surface area contributed by atoms with Gasteiger partial charge in [0, 0.05) is 12.2 Å². The van der Waals surface area contributed by atoms with Crippen LogP contribution in [0.3, 0.4) is 0 Å². The molecule has 7 heteroatoms. The first kappa shape index (κ1) is 21.9. The molecule has 0 unspecified atom stereocenters. The zero-order valence-corrected chi connectivity index (χ0v) is 19.1. The molecule has 4 aromatic rings. The molecule has 3 aromatic carbocycles. The molecule has 0 aliphatic rings. The molecule has 164 valence electrons. The number of nitrogens with one attached hydrogen (secondary N) is 1. The van der Waals surface area contributed by atoms with Crippen molar-refractivity contribution in [2.45, 2.75) is 38.6 Å². The maximum Gasteiger partial charge on any atom is 0.234 e. The molecule has 6 nitrogen and oxygen atoms in total. The van der Waals surface area contributed by atoms with E-state index in [0.29, 0.717) is 18.3 Å². The fourth-order valence-electron chi connectivity index (χ4n) is 3.41. The van der Waals surface area contributed by atoms with Crippen molar-refractivity contribution in [2.75, 3.05) is 11.1 Å². The first-order valence-electron chi connectivity index (χ1n) is 10.7. The Morgan fingerprint density at radius 3 is 2.53 bits per heavy atom. The molecule has 0 spiro atoms. The third-order valence-electron chi connectivity index (χ3n) is 5.17. The summed E-state index contributed by atoms with van der Waals surface area (Å²) in [6.45, 7) is 5.19. The highest BCUT2D eigenvalue weighted by atomic mass is 32.2. The molecule has 1 heterocycles. The summed E-state index contributed by atoms with van der Waals surface area (Å²) in [4.78, 5) is 12.5. The molecule has 1 N–H and O–H groups in total. The van der Waals surface area contributed by atoms with Gasteiger partial charge in [0.15, 0.2) is 11.0 Å². The second kappa shape index (κ2) is 10.3. The number of anilines is 1. The van der Waals surface area contributed by atoms with Crippen LogP contribution in [0, 0.1) is 0 Å². The van der Waals surface area contributed by atoms with Crippen molar-refractivity contribution in [3.05, 3.63) is 78.1 Å². The Kier molecular flexibility index (Phi) is 7.07. The monoisotopic (exact) mass is 446 g/mol. The van der Waals surface area contributed by atoms with E-state index in [-0.39, 0.29) is 11.7 Å². The summed E-state index contributed by atoms with van der Waals surface area (Å²) in [6.07, 6.45) is 0.999. The van der Waals surface area contributed by atoms with Gasteiger partial charge in [-0.15, -0.1) is 10.2 Å². The van der Waals surface area contributed by atoms with E-state index in [1.54, 1.807) is 0 Å². The van der Waals surface area contributed by atoms with Gasteiger partial charge >= 0.3 is 0 Å². The van der Waals surface area contributed by atoms with E-state index >= 15 is 0 Å². The average molecular weight is 447 g/mol. The number of rotatable bonds is 9. The predicted octanol–water partition coefficient (Wildman–Crippen LogP) is 5.32. The van der Waals surface area contributed by atoms with E-state index in [4.69, 9.17) is 4.74 Å². The number of hydrogen-bond acceptors (Lipinski definition) is 5. The summed E-state index contributed by atoms with van der Waals surface area (Å²) in [5.74, 6) is 1.72. The van der Waals surface area contributed by atoms with Crippen LogP contribution in [0.4, 0.5) is 5.69 Å². The number of fused-ring (bicyclic) bond motifs is 1. The Bertz CT molecular complexity index is 1200. The third kappa shape index (κ3) is 5.29. The van der Waals surface area contributed by atoms with Gasteiger partial charge in [-0.2, -0.15) is 0 Å². The van der Waals surface area contributed by atoms with Crippen LogP contribution < -0.4 is 10.1 Å². The number of thioether (sulfide) groups is 1. The topological polar surface area (TPSA) is 69.0 Å². The van der Waals surface area contributed by atoms with E-state index in [2.05, 4.69) is 40.6 Å². The van der Waals surface area contributed by atoms with Crippen molar-refractivity contribution >= 4 is 34.1 Å². The summed E-state index contributed by atoms with van der Waals surface area (Å²) < 4.78 is 7.86. The summed E-state index contributed by atoms with van der Waals surface area (Å²) in [7, 11) is 0. The number of carbonyl (C=O) groups excluding carboxylic acids is 1. The van der Waals surface area contributed by atoms with Crippen LogP contribution in [0.15, 0.2) is 71.9 Å². The fraction of sp³-hybridized carbons (Fsp3) is 0.240. The van der Waals surface area contributed by atoms with Crippen molar-refractivity contribution in [3.8, 4) is 5.75 Å². The summed E-state index contributed by atoms with van der Waals surface area (Å²) in [6, 6.07) is 22.1. The lowest BCUT2D eigenvalue weighted by Gasteiger charge is -2.10. The predicted molar refractivity (Wildman–Crippen MR) is 129 cm³/mol. The number of aryl methyl sites for hydroxylation is 1. The Hall–Kier alpha value is -3.32. The second-order valence-electron chi connectivity index (χ2n) is 7.33. The molecule has 0 bridgehead atoms. The molecule has 0 aliphatic carbocycles. The fourth-order valence-corrected chi connectivity index (χ4v) is 4.23. The normalized spacial score (nSPS) is 10.9. The lowest BCUT2D eigenvalue weighted by atomic mass is 10.1.